The molecule has 2 atom stereocenters. The molecule has 0 saturated carbocycles. The van der Waals surface area contributed by atoms with Crippen LogP contribution in [-0.4, -0.2) is 42.4 Å². The lowest BCUT2D eigenvalue weighted by atomic mass is 10.1. The van der Waals surface area contributed by atoms with Gasteiger partial charge in [0.15, 0.2) is 9.84 Å². The van der Waals surface area contributed by atoms with Gasteiger partial charge in [-0.15, -0.1) is 0 Å². The molecule has 1 aromatic carbocycles. The molecule has 1 saturated heterocycles. The van der Waals surface area contributed by atoms with Crippen molar-refractivity contribution in [2.75, 3.05) is 6.61 Å². The normalized spacial score (nSPS) is 22.0. The number of pyridine rings is 1. The van der Waals surface area contributed by atoms with Gasteiger partial charge in [-0.05, 0) is 19.4 Å². The van der Waals surface area contributed by atoms with Gasteiger partial charge in [-0.1, -0.05) is 18.2 Å². The van der Waals surface area contributed by atoms with E-state index in [0.29, 0.717) is 23.9 Å². The van der Waals surface area contributed by atoms with Crippen LogP contribution >= 0.6 is 0 Å². The Hall–Kier alpha value is -1.99. The molecule has 116 valence electrons. The molecule has 6 nitrogen and oxygen atoms in total. The largest absolute Gasteiger partial charge is 0.478 e. The van der Waals surface area contributed by atoms with Crippen LogP contribution in [0.25, 0.3) is 10.9 Å². The van der Waals surface area contributed by atoms with E-state index in [9.17, 15) is 18.3 Å². The van der Waals surface area contributed by atoms with Crippen LogP contribution in [-0.2, 0) is 14.6 Å². The van der Waals surface area contributed by atoms with E-state index in [1.54, 1.807) is 31.2 Å². The van der Waals surface area contributed by atoms with E-state index in [1.807, 2.05) is 0 Å². The molecule has 0 aliphatic carbocycles. The molecule has 1 aromatic heterocycles. The van der Waals surface area contributed by atoms with Crippen LogP contribution in [0.4, 0.5) is 0 Å². The number of nitrogens with zero attached hydrogens (tertiary/aromatic N) is 1. The van der Waals surface area contributed by atoms with E-state index in [4.69, 9.17) is 4.74 Å². The molecule has 7 heteroatoms. The summed E-state index contributed by atoms with van der Waals surface area (Å²) in [5.74, 6) is -1.30. The Balaban J connectivity index is 2.32. The summed E-state index contributed by atoms with van der Waals surface area (Å²) < 4.78 is 31.4. The first-order valence-corrected chi connectivity index (χ1v) is 8.44. The van der Waals surface area contributed by atoms with Gasteiger partial charge in [0.2, 0.25) is 0 Å². The fraction of sp³-hybridized carbons (Fsp3) is 0.333. The third-order valence-electron chi connectivity index (χ3n) is 3.95. The molecule has 1 aliphatic rings. The summed E-state index contributed by atoms with van der Waals surface area (Å²) in [6.45, 7) is 2.05. The zero-order valence-corrected chi connectivity index (χ0v) is 12.7. The van der Waals surface area contributed by atoms with E-state index in [2.05, 4.69) is 4.98 Å². The maximum Gasteiger partial charge on any atom is 0.338 e. The minimum atomic E-state index is -3.84. The average molecular weight is 321 g/mol. The molecule has 1 aliphatic heterocycles. The third-order valence-corrected chi connectivity index (χ3v) is 6.37. The average Bonchev–Trinajstić information content (AvgIpc) is 2.92. The number of hydrogen-bond acceptors (Lipinski definition) is 5. The number of para-hydroxylation sites is 1. The lowest BCUT2D eigenvalue weighted by Crippen LogP contribution is -2.29. The zero-order chi connectivity index (χ0) is 15.9. The first kappa shape index (κ1) is 14.9. The van der Waals surface area contributed by atoms with Crippen molar-refractivity contribution in [3.05, 3.63) is 36.0 Å². The Kier molecular flexibility index (Phi) is 3.62. The van der Waals surface area contributed by atoms with Crippen LogP contribution in [0.3, 0.4) is 0 Å². The first-order valence-electron chi connectivity index (χ1n) is 6.89. The van der Waals surface area contributed by atoms with E-state index in [1.165, 1.54) is 0 Å². The predicted octanol–water partition coefficient (Wildman–Crippen LogP) is 1.88. The fourth-order valence-corrected chi connectivity index (χ4v) is 5.06. The molecule has 1 fully saturated rings. The van der Waals surface area contributed by atoms with Crippen molar-refractivity contribution >= 4 is 26.7 Å². The molecule has 0 radical (unpaired) electrons. The fourth-order valence-electron chi connectivity index (χ4n) is 2.85. The highest BCUT2D eigenvalue weighted by atomic mass is 32.2. The predicted molar refractivity (Wildman–Crippen MR) is 79.7 cm³/mol. The van der Waals surface area contributed by atoms with Gasteiger partial charge in [-0.2, -0.15) is 0 Å². The summed E-state index contributed by atoms with van der Waals surface area (Å²) in [6.07, 6.45) is 1.01. The highest BCUT2D eigenvalue weighted by Gasteiger charge is 2.40. The Bertz CT molecular complexity index is 846. The summed E-state index contributed by atoms with van der Waals surface area (Å²) in [4.78, 5) is 15.4. The lowest BCUT2D eigenvalue weighted by Gasteiger charge is -2.18. The van der Waals surface area contributed by atoms with Gasteiger partial charge in [0.25, 0.3) is 0 Å². The van der Waals surface area contributed by atoms with Crippen LogP contribution in [0.2, 0.25) is 0 Å². The van der Waals surface area contributed by atoms with Crippen LogP contribution in [0, 0.1) is 0 Å². The van der Waals surface area contributed by atoms with Crippen LogP contribution in [0.5, 0.6) is 0 Å². The zero-order valence-electron chi connectivity index (χ0n) is 11.9. The van der Waals surface area contributed by atoms with Crippen molar-refractivity contribution in [3.63, 3.8) is 0 Å². The van der Waals surface area contributed by atoms with Crippen molar-refractivity contribution in [1.82, 2.24) is 4.98 Å². The van der Waals surface area contributed by atoms with Gasteiger partial charge < -0.3 is 9.84 Å². The van der Waals surface area contributed by atoms with Crippen LogP contribution < -0.4 is 0 Å². The molecule has 22 heavy (non-hydrogen) atoms. The second-order valence-corrected chi connectivity index (χ2v) is 7.38. The number of aromatic carboxylic acids is 1. The van der Waals surface area contributed by atoms with E-state index >= 15 is 0 Å². The van der Waals surface area contributed by atoms with Gasteiger partial charge in [0, 0.05) is 18.2 Å². The van der Waals surface area contributed by atoms with Crippen molar-refractivity contribution in [3.8, 4) is 0 Å². The molecule has 3 rings (SSSR count). The van der Waals surface area contributed by atoms with Crippen LogP contribution in [0.1, 0.15) is 23.7 Å². The topological polar surface area (TPSA) is 93.6 Å². The minimum absolute atomic E-state index is 0.159. The third kappa shape index (κ3) is 2.26. The molecule has 2 unspecified atom stereocenters. The quantitative estimate of drug-likeness (QED) is 0.928. The van der Waals surface area contributed by atoms with E-state index < -0.39 is 27.2 Å². The van der Waals surface area contributed by atoms with Gasteiger partial charge in [-0.3, -0.25) is 4.98 Å². The highest BCUT2D eigenvalue weighted by molar-refractivity contribution is 7.92. The number of sulfone groups is 1. The van der Waals surface area contributed by atoms with Crippen molar-refractivity contribution < 1.29 is 23.1 Å². The molecule has 2 heterocycles. The number of carboxylic acid groups (broad SMARTS) is 1. The Morgan fingerprint density at radius 1 is 1.36 bits per heavy atom. The van der Waals surface area contributed by atoms with Crippen LogP contribution in [0.15, 0.2) is 35.4 Å². The van der Waals surface area contributed by atoms with Gasteiger partial charge in [0.05, 0.1) is 27.3 Å². The summed E-state index contributed by atoms with van der Waals surface area (Å²) in [6, 6.07) is 6.65. The maximum atomic E-state index is 13.0. The number of aromatic nitrogens is 1. The highest BCUT2D eigenvalue weighted by Crippen LogP contribution is 2.33. The number of hydrogen-bond donors (Lipinski definition) is 1. The molecule has 0 bridgehead atoms. The van der Waals surface area contributed by atoms with Crippen molar-refractivity contribution in [2.45, 2.75) is 29.6 Å². The smallest absolute Gasteiger partial charge is 0.338 e. The van der Waals surface area contributed by atoms with Gasteiger partial charge in [0.1, 0.15) is 0 Å². The molecule has 1 N–H and O–H groups in total. The summed E-state index contributed by atoms with van der Waals surface area (Å²) in [7, 11) is -3.84. The monoisotopic (exact) mass is 321 g/mol. The SMILES string of the molecule is CC1OCCC1S(=O)(=O)c1c(C(=O)O)cnc2ccccc12. The van der Waals surface area contributed by atoms with Crippen molar-refractivity contribution in [1.29, 1.82) is 0 Å². The Morgan fingerprint density at radius 3 is 2.73 bits per heavy atom. The summed E-state index contributed by atoms with van der Waals surface area (Å²) in [5.41, 5.74) is 0.162. The molecule has 0 amide bonds. The van der Waals surface area contributed by atoms with E-state index in [0.717, 1.165) is 6.20 Å². The number of rotatable bonds is 3. The number of ether oxygens (including phenoxy) is 1. The lowest BCUT2D eigenvalue weighted by molar-refractivity contribution is 0.0692. The standard InChI is InChI=1S/C15H15NO5S/c1-9-13(6-7-21-9)22(19,20)14-10-4-2-3-5-12(10)16-8-11(14)15(17)18/h2-5,8-9,13H,6-7H2,1H3,(H,17,18). The molecule has 2 aromatic rings. The number of carbonyl (C=O) groups is 1. The maximum absolute atomic E-state index is 13.0. The first-order chi connectivity index (χ1) is 10.4. The second-order valence-electron chi connectivity index (χ2n) is 5.27. The van der Waals surface area contributed by atoms with Crippen molar-refractivity contribution in [2.24, 2.45) is 0 Å². The summed E-state index contributed by atoms with van der Waals surface area (Å²) in [5, 5.41) is 8.96. The molecule has 0 spiro atoms. The second kappa shape index (κ2) is 5.33. The van der Waals surface area contributed by atoms with E-state index in [-0.39, 0.29) is 10.5 Å². The Morgan fingerprint density at radius 2 is 2.09 bits per heavy atom. The number of carboxylic acids is 1. The van der Waals surface area contributed by atoms with Gasteiger partial charge >= 0.3 is 5.97 Å². The molecular weight excluding hydrogens is 306 g/mol. The summed E-state index contributed by atoms with van der Waals surface area (Å²) >= 11 is 0. The Labute approximate surface area is 127 Å². The number of fused-ring (bicyclic) bond motifs is 1. The minimum Gasteiger partial charge on any atom is -0.478 e. The molecular formula is C15H15NO5S. The number of benzene rings is 1. The van der Waals surface area contributed by atoms with Gasteiger partial charge in [-0.25, -0.2) is 13.2 Å².